The Kier molecular flexibility index (Phi) is 3.90. The van der Waals surface area contributed by atoms with Crippen molar-refractivity contribution in [2.45, 2.75) is 13.0 Å². The molecule has 4 nitrogen and oxygen atoms in total. The van der Waals surface area contributed by atoms with Crippen LogP contribution < -0.4 is 5.73 Å². The maximum Gasteiger partial charge on any atom is 0.0977 e. The highest BCUT2D eigenvalue weighted by Gasteiger charge is 2.11. The van der Waals surface area contributed by atoms with Crippen molar-refractivity contribution in [3.8, 4) is 5.69 Å². The summed E-state index contributed by atoms with van der Waals surface area (Å²) in [5.41, 5.74) is 7.72. The van der Waals surface area contributed by atoms with Gasteiger partial charge in [0.1, 0.15) is 0 Å². The zero-order chi connectivity index (χ0) is 12.1. The van der Waals surface area contributed by atoms with Crippen LogP contribution in [0, 0.1) is 0 Å². The normalized spacial score (nSPS) is 12.6. The monoisotopic (exact) mass is 231 g/mol. The zero-order valence-electron chi connectivity index (χ0n) is 9.91. The van der Waals surface area contributed by atoms with Gasteiger partial charge in [-0.3, -0.25) is 0 Å². The number of benzene rings is 1. The first-order valence-corrected chi connectivity index (χ1v) is 5.76. The molecule has 1 atom stereocenters. The molecule has 1 heterocycles. The van der Waals surface area contributed by atoms with Gasteiger partial charge in [-0.1, -0.05) is 18.2 Å². The van der Waals surface area contributed by atoms with Gasteiger partial charge in [-0.2, -0.15) is 5.10 Å². The molecule has 90 valence electrons. The molecule has 0 aliphatic rings. The van der Waals surface area contributed by atoms with E-state index in [1.165, 1.54) is 0 Å². The van der Waals surface area contributed by atoms with Gasteiger partial charge in [0.15, 0.2) is 0 Å². The minimum Gasteiger partial charge on any atom is -0.372 e. The van der Waals surface area contributed by atoms with E-state index in [2.05, 4.69) is 5.10 Å². The maximum absolute atomic E-state index is 5.68. The molecule has 2 aromatic rings. The fourth-order valence-corrected chi connectivity index (χ4v) is 1.73. The fourth-order valence-electron chi connectivity index (χ4n) is 1.73. The van der Waals surface area contributed by atoms with Gasteiger partial charge in [-0.05, 0) is 19.1 Å². The highest BCUT2D eigenvalue weighted by Crippen LogP contribution is 2.17. The Morgan fingerprint density at radius 3 is 2.76 bits per heavy atom. The van der Waals surface area contributed by atoms with Crippen LogP contribution in [0.2, 0.25) is 0 Å². The van der Waals surface area contributed by atoms with Crippen LogP contribution in [-0.2, 0) is 4.74 Å². The summed E-state index contributed by atoms with van der Waals surface area (Å²) < 4.78 is 7.38. The number of hydrogen-bond donors (Lipinski definition) is 1. The Balaban J connectivity index is 2.21. The quantitative estimate of drug-likeness (QED) is 0.855. The molecular weight excluding hydrogens is 214 g/mol. The number of ether oxygens (including phenoxy) is 1. The van der Waals surface area contributed by atoms with E-state index in [0.29, 0.717) is 13.2 Å². The summed E-state index contributed by atoms with van der Waals surface area (Å²) in [7, 11) is 0. The number of aromatic nitrogens is 2. The number of hydrogen-bond acceptors (Lipinski definition) is 3. The highest BCUT2D eigenvalue weighted by molar-refractivity contribution is 5.31. The van der Waals surface area contributed by atoms with Crippen LogP contribution in [0.25, 0.3) is 5.69 Å². The first-order chi connectivity index (χ1) is 8.35. The van der Waals surface area contributed by atoms with Crippen molar-refractivity contribution < 1.29 is 4.74 Å². The van der Waals surface area contributed by atoms with Crippen LogP contribution in [0.3, 0.4) is 0 Å². The summed E-state index contributed by atoms with van der Waals surface area (Å²) in [5.74, 6) is 0. The van der Waals surface area contributed by atoms with Gasteiger partial charge >= 0.3 is 0 Å². The van der Waals surface area contributed by atoms with E-state index in [9.17, 15) is 0 Å². The Morgan fingerprint density at radius 2 is 2.12 bits per heavy atom. The van der Waals surface area contributed by atoms with Crippen LogP contribution in [0.4, 0.5) is 0 Å². The highest BCUT2D eigenvalue weighted by atomic mass is 16.5. The Bertz CT molecular complexity index is 453. The predicted octanol–water partition coefficient (Wildman–Crippen LogP) is 1.91. The van der Waals surface area contributed by atoms with Crippen molar-refractivity contribution in [2.24, 2.45) is 5.73 Å². The van der Waals surface area contributed by atoms with Crippen LogP contribution in [0.5, 0.6) is 0 Å². The molecule has 2 N–H and O–H groups in total. The third-order valence-corrected chi connectivity index (χ3v) is 2.58. The first-order valence-electron chi connectivity index (χ1n) is 5.76. The molecule has 0 aliphatic carbocycles. The van der Waals surface area contributed by atoms with E-state index >= 15 is 0 Å². The van der Waals surface area contributed by atoms with E-state index in [1.54, 1.807) is 6.20 Å². The van der Waals surface area contributed by atoms with Gasteiger partial charge < -0.3 is 10.5 Å². The summed E-state index contributed by atoms with van der Waals surface area (Å²) >= 11 is 0. The largest absolute Gasteiger partial charge is 0.372 e. The summed E-state index contributed by atoms with van der Waals surface area (Å²) in [6.07, 6.45) is 3.69. The van der Waals surface area contributed by atoms with E-state index in [-0.39, 0.29) is 6.10 Å². The zero-order valence-corrected chi connectivity index (χ0v) is 9.91. The lowest BCUT2D eigenvalue weighted by Crippen LogP contribution is -2.15. The second-order valence-corrected chi connectivity index (χ2v) is 3.73. The number of nitrogens with two attached hydrogens (primary N) is 1. The predicted molar refractivity (Wildman–Crippen MR) is 67.0 cm³/mol. The average molecular weight is 231 g/mol. The molecule has 17 heavy (non-hydrogen) atoms. The molecule has 0 radical (unpaired) electrons. The maximum atomic E-state index is 5.68. The van der Waals surface area contributed by atoms with Gasteiger partial charge in [-0.25, -0.2) is 4.68 Å². The van der Waals surface area contributed by atoms with Gasteiger partial charge in [0, 0.05) is 24.9 Å². The second-order valence-electron chi connectivity index (χ2n) is 3.73. The lowest BCUT2D eigenvalue weighted by molar-refractivity contribution is 0.0688. The molecule has 1 aromatic carbocycles. The third kappa shape index (κ3) is 2.72. The fraction of sp³-hybridized carbons (Fsp3) is 0.308. The number of rotatable bonds is 5. The molecule has 1 aromatic heterocycles. The Hall–Kier alpha value is -1.65. The Morgan fingerprint density at radius 1 is 1.35 bits per heavy atom. The Labute approximate surface area is 101 Å². The van der Waals surface area contributed by atoms with Crippen molar-refractivity contribution in [2.75, 3.05) is 13.2 Å². The van der Waals surface area contributed by atoms with E-state index in [1.807, 2.05) is 48.1 Å². The summed E-state index contributed by atoms with van der Waals surface area (Å²) in [4.78, 5) is 0. The molecule has 0 amide bonds. The van der Waals surface area contributed by atoms with Crippen LogP contribution in [-0.4, -0.2) is 22.9 Å². The van der Waals surface area contributed by atoms with Crippen molar-refractivity contribution in [1.29, 1.82) is 0 Å². The topological polar surface area (TPSA) is 53.1 Å². The van der Waals surface area contributed by atoms with Gasteiger partial charge in [0.25, 0.3) is 0 Å². The molecule has 0 spiro atoms. The van der Waals surface area contributed by atoms with Crippen LogP contribution in [0.15, 0.2) is 42.7 Å². The van der Waals surface area contributed by atoms with Crippen molar-refractivity contribution in [1.82, 2.24) is 9.78 Å². The smallest absolute Gasteiger partial charge is 0.0977 e. The van der Waals surface area contributed by atoms with E-state index < -0.39 is 0 Å². The van der Waals surface area contributed by atoms with Crippen molar-refractivity contribution in [3.05, 3.63) is 48.3 Å². The standard InChI is InChI=1S/C13H17N3O/c1-2-17-13(8-14)11-9-15-16(10-11)12-6-4-3-5-7-12/h3-7,9-10,13H,2,8,14H2,1H3. The summed E-state index contributed by atoms with van der Waals surface area (Å²) in [6, 6.07) is 9.97. The van der Waals surface area contributed by atoms with E-state index in [0.717, 1.165) is 11.3 Å². The molecule has 0 fully saturated rings. The molecule has 4 heteroatoms. The average Bonchev–Trinajstić information content (AvgIpc) is 2.86. The van der Waals surface area contributed by atoms with E-state index in [4.69, 9.17) is 10.5 Å². The van der Waals surface area contributed by atoms with Gasteiger partial charge in [-0.15, -0.1) is 0 Å². The van der Waals surface area contributed by atoms with Crippen LogP contribution >= 0.6 is 0 Å². The molecule has 2 rings (SSSR count). The molecular formula is C13H17N3O. The van der Waals surface area contributed by atoms with Gasteiger partial charge in [0.05, 0.1) is 18.0 Å². The molecule has 0 bridgehead atoms. The SMILES string of the molecule is CCOC(CN)c1cnn(-c2ccccc2)c1. The third-order valence-electron chi connectivity index (χ3n) is 2.58. The number of nitrogens with zero attached hydrogens (tertiary/aromatic N) is 2. The van der Waals surface area contributed by atoms with Crippen molar-refractivity contribution >= 4 is 0 Å². The van der Waals surface area contributed by atoms with Crippen LogP contribution in [0.1, 0.15) is 18.6 Å². The van der Waals surface area contributed by atoms with Crippen molar-refractivity contribution in [3.63, 3.8) is 0 Å². The lowest BCUT2D eigenvalue weighted by Gasteiger charge is -2.12. The minimum absolute atomic E-state index is 0.0718. The second kappa shape index (κ2) is 5.61. The summed E-state index contributed by atoms with van der Waals surface area (Å²) in [5, 5.41) is 4.32. The van der Waals surface area contributed by atoms with Gasteiger partial charge in [0.2, 0.25) is 0 Å². The molecule has 0 aliphatic heterocycles. The number of para-hydroxylation sites is 1. The molecule has 1 unspecified atom stereocenters. The first kappa shape index (κ1) is 11.8. The summed E-state index contributed by atoms with van der Waals surface area (Å²) in [6.45, 7) is 3.08. The lowest BCUT2D eigenvalue weighted by atomic mass is 10.2. The molecule has 0 saturated heterocycles. The molecule has 0 saturated carbocycles. The minimum atomic E-state index is -0.0718.